The summed E-state index contributed by atoms with van der Waals surface area (Å²) in [6.45, 7) is 0.500. The SMILES string of the molecule is O=C(O)C1CCC(COOCCCOC(=O)C2CCC(COO)CC2C(=O)O)C(COO)C1. The standard InChI is InChI=1S/C21H34O12/c22-19(23)14-3-4-15(16(9-14)11-31-28)12-33-32-7-1-6-29-21(26)17-5-2-13(10-30-27)8-18(17)20(24)25/h13-18,27-28H,1-12H2,(H,22,23)(H,24,25). The molecule has 0 amide bonds. The van der Waals surface area contributed by atoms with Crippen molar-refractivity contribution in [1.29, 1.82) is 0 Å². The Bertz CT molecular complexity index is 626. The van der Waals surface area contributed by atoms with E-state index in [1.54, 1.807) is 0 Å². The maximum Gasteiger partial charge on any atom is 0.309 e. The van der Waals surface area contributed by atoms with E-state index in [0.717, 1.165) is 0 Å². The van der Waals surface area contributed by atoms with Gasteiger partial charge in [-0.2, -0.15) is 0 Å². The Hall–Kier alpha value is -1.83. The molecule has 0 aromatic heterocycles. The highest BCUT2D eigenvalue weighted by molar-refractivity contribution is 5.81. The second kappa shape index (κ2) is 14.4. The van der Waals surface area contributed by atoms with Crippen LogP contribution >= 0.6 is 0 Å². The molecule has 0 aliphatic heterocycles. The molecule has 12 nitrogen and oxygen atoms in total. The van der Waals surface area contributed by atoms with Gasteiger partial charge in [0.2, 0.25) is 0 Å². The molecule has 2 aliphatic carbocycles. The number of carboxylic acid groups (broad SMARTS) is 2. The molecule has 12 heteroatoms. The fraction of sp³-hybridized carbons (Fsp3) is 0.857. The van der Waals surface area contributed by atoms with Crippen molar-refractivity contribution in [2.75, 3.05) is 33.0 Å². The molecule has 0 saturated heterocycles. The number of carboxylic acids is 2. The van der Waals surface area contributed by atoms with Crippen LogP contribution in [0.1, 0.15) is 44.9 Å². The number of carbonyl (C=O) groups is 3. The molecule has 0 aromatic rings. The summed E-state index contributed by atoms with van der Waals surface area (Å²) in [5.74, 6) is -4.85. The van der Waals surface area contributed by atoms with Gasteiger partial charge in [0.1, 0.15) is 0 Å². The Morgan fingerprint density at radius 1 is 0.727 bits per heavy atom. The highest BCUT2D eigenvalue weighted by Gasteiger charge is 2.40. The molecule has 2 fully saturated rings. The van der Waals surface area contributed by atoms with Crippen LogP contribution in [0.4, 0.5) is 0 Å². The molecular formula is C21H34O12. The molecule has 33 heavy (non-hydrogen) atoms. The van der Waals surface area contributed by atoms with E-state index in [-0.39, 0.29) is 57.2 Å². The number of rotatable bonds is 14. The summed E-state index contributed by atoms with van der Waals surface area (Å²) in [4.78, 5) is 53.7. The second-order valence-electron chi connectivity index (χ2n) is 8.82. The van der Waals surface area contributed by atoms with Gasteiger partial charge in [-0.1, -0.05) is 0 Å². The van der Waals surface area contributed by atoms with Crippen LogP contribution in [0.3, 0.4) is 0 Å². The Balaban J connectivity index is 1.62. The molecule has 0 bridgehead atoms. The topological polar surface area (TPSA) is 178 Å². The number of carbonyl (C=O) groups excluding carboxylic acids is 1. The lowest BCUT2D eigenvalue weighted by Gasteiger charge is -2.33. The van der Waals surface area contributed by atoms with Crippen LogP contribution in [0.15, 0.2) is 0 Å². The van der Waals surface area contributed by atoms with Gasteiger partial charge in [-0.25, -0.2) is 19.6 Å². The number of esters is 1. The zero-order valence-corrected chi connectivity index (χ0v) is 18.5. The van der Waals surface area contributed by atoms with Gasteiger partial charge in [-0.3, -0.25) is 24.9 Å². The van der Waals surface area contributed by atoms with Crippen LogP contribution in [0.2, 0.25) is 0 Å². The molecular weight excluding hydrogens is 444 g/mol. The monoisotopic (exact) mass is 478 g/mol. The lowest BCUT2D eigenvalue weighted by atomic mass is 9.74. The largest absolute Gasteiger partial charge is 0.481 e. The molecule has 0 heterocycles. The first-order valence-electron chi connectivity index (χ1n) is 11.3. The van der Waals surface area contributed by atoms with Crippen LogP contribution in [-0.4, -0.2) is 71.7 Å². The molecule has 2 saturated carbocycles. The summed E-state index contributed by atoms with van der Waals surface area (Å²) in [5, 5.41) is 35.9. The number of hydrogen-bond donors (Lipinski definition) is 4. The maximum atomic E-state index is 12.3. The predicted octanol–water partition coefficient (Wildman–Crippen LogP) is 2.08. The molecule has 0 radical (unpaired) electrons. The number of hydrogen-bond acceptors (Lipinski definition) is 10. The molecule has 6 unspecified atom stereocenters. The minimum Gasteiger partial charge on any atom is -0.481 e. The predicted molar refractivity (Wildman–Crippen MR) is 109 cm³/mol. The summed E-state index contributed by atoms with van der Waals surface area (Å²) in [6.07, 6.45) is 3.04. The second-order valence-corrected chi connectivity index (χ2v) is 8.82. The van der Waals surface area contributed by atoms with E-state index >= 15 is 0 Å². The van der Waals surface area contributed by atoms with E-state index in [1.807, 2.05) is 0 Å². The highest BCUT2D eigenvalue weighted by Crippen LogP contribution is 2.36. The molecule has 2 aliphatic rings. The van der Waals surface area contributed by atoms with Crippen molar-refractivity contribution in [3.05, 3.63) is 0 Å². The molecule has 2 rings (SSSR count). The zero-order chi connectivity index (χ0) is 24.2. The minimum absolute atomic E-state index is 0.00936. The molecule has 4 N–H and O–H groups in total. The van der Waals surface area contributed by atoms with E-state index in [2.05, 4.69) is 9.78 Å². The van der Waals surface area contributed by atoms with Crippen LogP contribution < -0.4 is 0 Å². The van der Waals surface area contributed by atoms with Gasteiger partial charge in [-0.15, -0.1) is 0 Å². The summed E-state index contributed by atoms with van der Waals surface area (Å²) in [6, 6.07) is 0. The average Bonchev–Trinajstić information content (AvgIpc) is 2.79. The number of ether oxygens (including phenoxy) is 1. The van der Waals surface area contributed by atoms with Crippen molar-refractivity contribution >= 4 is 17.9 Å². The summed E-state index contributed by atoms with van der Waals surface area (Å²) >= 11 is 0. The van der Waals surface area contributed by atoms with Crippen molar-refractivity contribution in [3.8, 4) is 0 Å². The summed E-state index contributed by atoms with van der Waals surface area (Å²) in [5.41, 5.74) is 0. The molecule has 0 spiro atoms. The van der Waals surface area contributed by atoms with Crippen LogP contribution in [0.5, 0.6) is 0 Å². The Morgan fingerprint density at radius 2 is 1.48 bits per heavy atom. The first-order chi connectivity index (χ1) is 15.9. The van der Waals surface area contributed by atoms with E-state index in [4.69, 9.17) is 30.1 Å². The molecule has 190 valence electrons. The number of aliphatic carboxylic acids is 2. The van der Waals surface area contributed by atoms with Crippen molar-refractivity contribution < 1.29 is 59.4 Å². The zero-order valence-electron chi connectivity index (χ0n) is 18.5. The molecule has 6 atom stereocenters. The van der Waals surface area contributed by atoms with Crippen LogP contribution in [0, 0.1) is 35.5 Å². The Kier molecular flexibility index (Phi) is 12.0. The lowest BCUT2D eigenvalue weighted by molar-refractivity contribution is -0.310. The van der Waals surface area contributed by atoms with Crippen molar-refractivity contribution in [2.45, 2.75) is 44.9 Å². The van der Waals surface area contributed by atoms with E-state index in [1.165, 1.54) is 0 Å². The van der Waals surface area contributed by atoms with Gasteiger partial charge in [0.25, 0.3) is 0 Å². The summed E-state index contributed by atoms with van der Waals surface area (Å²) < 4.78 is 5.22. The van der Waals surface area contributed by atoms with Gasteiger partial charge >= 0.3 is 17.9 Å². The van der Waals surface area contributed by atoms with Crippen LogP contribution in [-0.2, 0) is 38.7 Å². The van der Waals surface area contributed by atoms with Crippen molar-refractivity contribution in [2.24, 2.45) is 35.5 Å². The lowest BCUT2D eigenvalue weighted by Crippen LogP contribution is -2.37. The Labute approximate surface area is 191 Å². The average molecular weight is 478 g/mol. The van der Waals surface area contributed by atoms with Gasteiger partial charge in [0, 0.05) is 6.42 Å². The third-order valence-electron chi connectivity index (χ3n) is 6.65. The van der Waals surface area contributed by atoms with Crippen molar-refractivity contribution in [3.63, 3.8) is 0 Å². The van der Waals surface area contributed by atoms with Gasteiger partial charge < -0.3 is 14.9 Å². The fourth-order valence-electron chi connectivity index (χ4n) is 4.73. The third-order valence-corrected chi connectivity index (χ3v) is 6.65. The molecule has 0 aromatic carbocycles. The van der Waals surface area contributed by atoms with Crippen molar-refractivity contribution in [1.82, 2.24) is 0 Å². The smallest absolute Gasteiger partial charge is 0.309 e. The maximum absolute atomic E-state index is 12.3. The summed E-state index contributed by atoms with van der Waals surface area (Å²) in [7, 11) is 0. The van der Waals surface area contributed by atoms with Gasteiger partial charge in [-0.05, 0) is 56.3 Å². The third kappa shape index (κ3) is 8.80. The first-order valence-corrected chi connectivity index (χ1v) is 11.3. The van der Waals surface area contributed by atoms with E-state index in [0.29, 0.717) is 38.5 Å². The van der Waals surface area contributed by atoms with Gasteiger partial charge in [0.15, 0.2) is 0 Å². The fourth-order valence-corrected chi connectivity index (χ4v) is 4.73. The van der Waals surface area contributed by atoms with E-state index < -0.39 is 35.7 Å². The first kappa shape index (κ1) is 27.4. The normalized spacial score (nSPS) is 30.0. The van der Waals surface area contributed by atoms with Gasteiger partial charge in [0.05, 0.1) is 50.8 Å². The quantitative estimate of drug-likeness (QED) is 0.124. The minimum atomic E-state index is -1.07. The van der Waals surface area contributed by atoms with E-state index in [9.17, 15) is 19.5 Å². The van der Waals surface area contributed by atoms with Crippen LogP contribution in [0.25, 0.3) is 0 Å². The highest BCUT2D eigenvalue weighted by atomic mass is 17.2. The Morgan fingerprint density at radius 3 is 2.15 bits per heavy atom.